The molecule has 2 heterocycles. The van der Waals surface area contributed by atoms with Crippen LogP contribution in [-0.4, -0.2) is 0 Å². The lowest BCUT2D eigenvalue weighted by Crippen LogP contribution is -2.11. The fraction of sp³-hybridized carbons (Fsp3) is 0.143. The first-order valence-corrected chi connectivity index (χ1v) is 7.23. The normalized spacial score (nSPS) is 13.1. The van der Waals surface area contributed by atoms with Crippen molar-refractivity contribution in [2.45, 2.75) is 13.0 Å². The van der Waals surface area contributed by atoms with Crippen molar-refractivity contribution in [3.8, 4) is 0 Å². The van der Waals surface area contributed by atoms with Crippen LogP contribution in [0.2, 0.25) is 0 Å². The predicted octanol–water partition coefficient (Wildman–Crippen LogP) is 4.32. The Morgan fingerprint density at radius 2 is 1.94 bits per heavy atom. The van der Waals surface area contributed by atoms with E-state index in [1.807, 2.05) is 0 Å². The van der Waals surface area contributed by atoms with Crippen molar-refractivity contribution in [3.05, 3.63) is 57.8 Å². The molecule has 0 aliphatic rings. The third-order valence-electron chi connectivity index (χ3n) is 2.99. The molecule has 1 nitrogen and oxygen atoms in total. The first-order valence-electron chi connectivity index (χ1n) is 5.54. The molecule has 1 unspecified atom stereocenters. The van der Waals surface area contributed by atoms with Gasteiger partial charge in [-0.25, -0.2) is 0 Å². The maximum Gasteiger partial charge on any atom is 0.0649 e. The zero-order valence-electron chi connectivity index (χ0n) is 9.51. The SMILES string of the molecule is Cc1ccccc1C(N)c1cc2sccc2s1. The Balaban J connectivity index is 2.04. The van der Waals surface area contributed by atoms with Crippen LogP contribution in [-0.2, 0) is 0 Å². The molecule has 3 aromatic rings. The van der Waals surface area contributed by atoms with E-state index in [1.54, 1.807) is 22.7 Å². The van der Waals surface area contributed by atoms with E-state index >= 15 is 0 Å². The Morgan fingerprint density at radius 3 is 2.71 bits per heavy atom. The second kappa shape index (κ2) is 4.26. The van der Waals surface area contributed by atoms with Gasteiger partial charge in [-0.1, -0.05) is 24.3 Å². The molecule has 1 atom stereocenters. The van der Waals surface area contributed by atoms with E-state index in [1.165, 1.54) is 25.4 Å². The number of nitrogens with two attached hydrogens (primary N) is 1. The van der Waals surface area contributed by atoms with Gasteiger partial charge in [-0.05, 0) is 35.6 Å². The van der Waals surface area contributed by atoms with E-state index < -0.39 is 0 Å². The minimum absolute atomic E-state index is 0.000741. The Bertz CT molecular complexity index is 622. The molecule has 0 fully saturated rings. The largest absolute Gasteiger partial charge is 0.320 e. The summed E-state index contributed by atoms with van der Waals surface area (Å²) in [6.07, 6.45) is 0. The zero-order chi connectivity index (χ0) is 11.8. The first-order chi connectivity index (χ1) is 8.25. The lowest BCUT2D eigenvalue weighted by atomic mass is 10.0. The molecule has 2 N–H and O–H groups in total. The number of fused-ring (bicyclic) bond motifs is 1. The summed E-state index contributed by atoms with van der Waals surface area (Å²) in [6, 6.07) is 12.7. The molecule has 0 radical (unpaired) electrons. The second-order valence-corrected chi connectivity index (χ2v) is 6.20. The molecule has 2 aromatic heterocycles. The molecule has 3 heteroatoms. The molecule has 0 aliphatic heterocycles. The van der Waals surface area contributed by atoms with Gasteiger partial charge in [0.25, 0.3) is 0 Å². The maximum atomic E-state index is 6.36. The quantitative estimate of drug-likeness (QED) is 0.728. The highest BCUT2D eigenvalue weighted by molar-refractivity contribution is 7.27. The maximum absolute atomic E-state index is 6.36. The minimum Gasteiger partial charge on any atom is -0.320 e. The molecule has 0 spiro atoms. The Kier molecular flexibility index (Phi) is 2.74. The Morgan fingerprint density at radius 1 is 1.12 bits per heavy atom. The van der Waals surface area contributed by atoms with Gasteiger partial charge >= 0.3 is 0 Å². The predicted molar refractivity (Wildman–Crippen MR) is 76.9 cm³/mol. The van der Waals surface area contributed by atoms with Gasteiger partial charge in [0, 0.05) is 14.3 Å². The van der Waals surface area contributed by atoms with Gasteiger partial charge in [0.15, 0.2) is 0 Å². The highest BCUT2D eigenvalue weighted by Crippen LogP contribution is 2.35. The van der Waals surface area contributed by atoms with Crippen LogP contribution in [0.25, 0.3) is 9.40 Å². The van der Waals surface area contributed by atoms with Gasteiger partial charge in [-0.2, -0.15) is 0 Å². The summed E-state index contributed by atoms with van der Waals surface area (Å²) in [4.78, 5) is 1.25. The monoisotopic (exact) mass is 259 g/mol. The Labute approximate surface area is 109 Å². The number of hydrogen-bond acceptors (Lipinski definition) is 3. The van der Waals surface area contributed by atoms with Gasteiger partial charge in [-0.15, -0.1) is 22.7 Å². The van der Waals surface area contributed by atoms with Gasteiger partial charge in [0.05, 0.1) is 6.04 Å². The molecule has 1 aromatic carbocycles. The van der Waals surface area contributed by atoms with Crippen molar-refractivity contribution in [1.82, 2.24) is 0 Å². The van der Waals surface area contributed by atoms with Crippen molar-refractivity contribution in [2.24, 2.45) is 5.73 Å². The molecule has 86 valence electrons. The molecule has 0 saturated heterocycles. The molecule has 3 rings (SSSR count). The van der Waals surface area contributed by atoms with Crippen LogP contribution in [0.3, 0.4) is 0 Å². The van der Waals surface area contributed by atoms with Crippen LogP contribution < -0.4 is 5.73 Å². The molecule has 0 saturated carbocycles. The van der Waals surface area contributed by atoms with Crippen LogP contribution >= 0.6 is 22.7 Å². The van der Waals surface area contributed by atoms with E-state index in [4.69, 9.17) is 5.73 Å². The summed E-state index contributed by atoms with van der Waals surface area (Å²) in [6.45, 7) is 2.12. The number of thiophene rings is 2. The van der Waals surface area contributed by atoms with Crippen LogP contribution in [0.5, 0.6) is 0 Å². The average molecular weight is 259 g/mol. The summed E-state index contributed by atoms with van der Waals surface area (Å²) < 4.78 is 2.68. The summed E-state index contributed by atoms with van der Waals surface area (Å²) in [5.41, 5.74) is 8.84. The second-order valence-electron chi connectivity index (χ2n) is 4.13. The Hall–Kier alpha value is -1.16. The van der Waals surface area contributed by atoms with Crippen molar-refractivity contribution in [2.75, 3.05) is 0 Å². The summed E-state index contributed by atoms with van der Waals surface area (Å²) in [5.74, 6) is 0. The first kappa shape index (κ1) is 11.0. The standard InChI is InChI=1S/C14H13NS2/c1-9-4-2-3-5-10(9)14(15)13-8-12-11(17-13)6-7-16-12/h2-8,14H,15H2,1H3. The van der Waals surface area contributed by atoms with Crippen LogP contribution in [0.1, 0.15) is 22.0 Å². The molecule has 0 amide bonds. The number of aryl methyl sites for hydroxylation is 1. The highest BCUT2D eigenvalue weighted by Gasteiger charge is 2.14. The van der Waals surface area contributed by atoms with Crippen LogP contribution in [0.15, 0.2) is 41.8 Å². The topological polar surface area (TPSA) is 26.0 Å². The van der Waals surface area contributed by atoms with Crippen LogP contribution in [0, 0.1) is 6.92 Å². The van der Waals surface area contributed by atoms with E-state index in [2.05, 4.69) is 48.7 Å². The lowest BCUT2D eigenvalue weighted by molar-refractivity contribution is 0.883. The van der Waals surface area contributed by atoms with Crippen molar-refractivity contribution < 1.29 is 0 Å². The lowest BCUT2D eigenvalue weighted by Gasteiger charge is -2.12. The minimum atomic E-state index is 0.000741. The fourth-order valence-electron chi connectivity index (χ4n) is 2.03. The van der Waals surface area contributed by atoms with Gasteiger partial charge in [-0.3, -0.25) is 0 Å². The average Bonchev–Trinajstić information content (AvgIpc) is 2.88. The van der Waals surface area contributed by atoms with Crippen molar-refractivity contribution in [3.63, 3.8) is 0 Å². The van der Waals surface area contributed by atoms with Gasteiger partial charge in [0.2, 0.25) is 0 Å². The van der Waals surface area contributed by atoms with Crippen LogP contribution in [0.4, 0.5) is 0 Å². The molecule has 17 heavy (non-hydrogen) atoms. The molecular weight excluding hydrogens is 246 g/mol. The number of hydrogen-bond donors (Lipinski definition) is 1. The summed E-state index contributed by atoms with van der Waals surface area (Å²) in [5, 5.41) is 2.13. The number of benzene rings is 1. The fourth-order valence-corrected chi connectivity index (χ4v) is 4.17. The van der Waals surface area contributed by atoms with Gasteiger partial charge in [0.1, 0.15) is 0 Å². The summed E-state index contributed by atoms with van der Waals surface area (Å²) >= 11 is 3.58. The van der Waals surface area contributed by atoms with E-state index in [-0.39, 0.29) is 6.04 Å². The molecule has 0 aliphatic carbocycles. The van der Waals surface area contributed by atoms with Gasteiger partial charge < -0.3 is 5.73 Å². The van der Waals surface area contributed by atoms with E-state index in [0.29, 0.717) is 0 Å². The van der Waals surface area contributed by atoms with E-state index in [9.17, 15) is 0 Å². The molecular formula is C14H13NS2. The zero-order valence-corrected chi connectivity index (χ0v) is 11.1. The summed E-state index contributed by atoms with van der Waals surface area (Å²) in [7, 11) is 0. The third-order valence-corrected chi connectivity index (χ3v) is 5.16. The third kappa shape index (κ3) is 1.90. The smallest absolute Gasteiger partial charge is 0.0649 e. The van der Waals surface area contributed by atoms with Crippen molar-refractivity contribution >= 4 is 32.1 Å². The van der Waals surface area contributed by atoms with E-state index in [0.717, 1.165) is 0 Å². The number of rotatable bonds is 2. The van der Waals surface area contributed by atoms with Crippen molar-refractivity contribution in [1.29, 1.82) is 0 Å². The molecule has 0 bridgehead atoms. The highest BCUT2D eigenvalue weighted by atomic mass is 32.1.